The van der Waals surface area contributed by atoms with E-state index in [1.54, 1.807) is 24.3 Å². The largest absolute Gasteiger partial charge is 0.494 e. The summed E-state index contributed by atoms with van der Waals surface area (Å²) < 4.78 is 7.67. The van der Waals surface area contributed by atoms with Gasteiger partial charge in [0.2, 0.25) is 0 Å². The van der Waals surface area contributed by atoms with E-state index in [2.05, 4.69) is 16.0 Å². The molecule has 3 aromatic carbocycles. The number of nitriles is 1. The van der Waals surface area contributed by atoms with Gasteiger partial charge in [0, 0.05) is 45.5 Å². The van der Waals surface area contributed by atoms with Crippen LogP contribution in [0.1, 0.15) is 23.7 Å². The third kappa shape index (κ3) is 4.98. The van der Waals surface area contributed by atoms with Gasteiger partial charge >= 0.3 is 0 Å². The van der Waals surface area contributed by atoms with E-state index in [0.29, 0.717) is 29.6 Å². The van der Waals surface area contributed by atoms with Crippen LogP contribution in [0.2, 0.25) is 5.02 Å². The molecule has 0 aliphatic heterocycles. The molecule has 0 unspecified atom stereocenters. The average molecular weight is 470 g/mol. The molecule has 0 radical (unpaired) electrons. The Morgan fingerprint density at radius 2 is 1.88 bits per heavy atom. The number of aromatic nitrogens is 1. The first-order chi connectivity index (χ1) is 16.5. The number of carbonyl (C=O) groups is 1. The highest BCUT2D eigenvalue weighted by atomic mass is 35.5. The van der Waals surface area contributed by atoms with Gasteiger partial charge in [0.05, 0.1) is 6.61 Å². The Hall–Kier alpha value is -4.01. The fraction of sp³-hybridized carbons (Fsp3) is 0.143. The normalized spacial score (nSPS) is 11.3. The van der Waals surface area contributed by atoms with Crippen LogP contribution in [0.15, 0.2) is 78.4 Å². The number of hydrogen-bond acceptors (Lipinski definition) is 3. The summed E-state index contributed by atoms with van der Waals surface area (Å²) in [7, 11) is 0. The van der Waals surface area contributed by atoms with Crippen molar-refractivity contribution in [3.8, 4) is 11.8 Å². The van der Waals surface area contributed by atoms with Crippen LogP contribution in [0.25, 0.3) is 17.0 Å². The third-order valence-corrected chi connectivity index (χ3v) is 5.84. The van der Waals surface area contributed by atoms with E-state index in [1.807, 2.05) is 68.4 Å². The molecule has 6 heteroatoms. The average Bonchev–Trinajstić information content (AvgIpc) is 3.10. The lowest BCUT2D eigenvalue weighted by molar-refractivity contribution is -0.112. The van der Waals surface area contributed by atoms with Crippen molar-refractivity contribution in [2.75, 3.05) is 11.9 Å². The lowest BCUT2D eigenvalue weighted by atomic mass is 10.1. The van der Waals surface area contributed by atoms with Gasteiger partial charge in [-0.25, -0.2) is 0 Å². The standard InChI is InChI=1S/C28H24ClN3O2/c1-3-34-24-8-6-7-23(16-24)31-28(33)21(17-30)15-26-19(2)32(27-10-5-4-9-25(26)27)18-20-11-13-22(29)14-12-20/h4-16H,3,18H2,1-2H3,(H,31,33). The molecule has 0 saturated carbocycles. The molecule has 4 rings (SSSR count). The van der Waals surface area contributed by atoms with Crippen molar-refractivity contribution in [1.29, 1.82) is 5.26 Å². The molecule has 170 valence electrons. The number of halogens is 1. The Balaban J connectivity index is 1.69. The lowest BCUT2D eigenvalue weighted by Gasteiger charge is -2.09. The second kappa shape index (κ2) is 10.3. The van der Waals surface area contributed by atoms with Crippen molar-refractivity contribution in [2.24, 2.45) is 0 Å². The molecule has 34 heavy (non-hydrogen) atoms. The number of hydrogen-bond donors (Lipinski definition) is 1. The van der Waals surface area contributed by atoms with Crippen LogP contribution < -0.4 is 10.1 Å². The SMILES string of the molecule is CCOc1cccc(NC(=O)C(C#N)=Cc2c(C)n(Cc3ccc(Cl)cc3)c3ccccc23)c1. The van der Waals surface area contributed by atoms with Crippen LogP contribution in [0.5, 0.6) is 5.75 Å². The van der Waals surface area contributed by atoms with E-state index in [4.69, 9.17) is 16.3 Å². The van der Waals surface area contributed by atoms with Gasteiger partial charge in [-0.3, -0.25) is 4.79 Å². The zero-order chi connectivity index (χ0) is 24.1. The second-order valence-corrected chi connectivity index (χ2v) is 8.25. The van der Waals surface area contributed by atoms with E-state index < -0.39 is 5.91 Å². The molecule has 1 heterocycles. The number of benzene rings is 3. The number of fused-ring (bicyclic) bond motifs is 1. The quantitative estimate of drug-likeness (QED) is 0.245. The van der Waals surface area contributed by atoms with Crippen molar-refractivity contribution < 1.29 is 9.53 Å². The predicted molar refractivity (Wildman–Crippen MR) is 137 cm³/mol. The summed E-state index contributed by atoms with van der Waals surface area (Å²) in [6.45, 7) is 5.07. The number of carbonyl (C=O) groups excluding carboxylic acids is 1. The molecule has 0 spiro atoms. The van der Waals surface area contributed by atoms with Crippen molar-refractivity contribution in [2.45, 2.75) is 20.4 Å². The Morgan fingerprint density at radius 1 is 1.12 bits per heavy atom. The van der Waals surface area contributed by atoms with E-state index in [-0.39, 0.29) is 5.57 Å². The minimum Gasteiger partial charge on any atom is -0.494 e. The Morgan fingerprint density at radius 3 is 2.62 bits per heavy atom. The van der Waals surface area contributed by atoms with Crippen molar-refractivity contribution >= 4 is 40.2 Å². The van der Waals surface area contributed by atoms with Crippen LogP contribution in [-0.2, 0) is 11.3 Å². The molecule has 1 aromatic heterocycles. The molecular formula is C28H24ClN3O2. The molecule has 0 saturated heterocycles. The summed E-state index contributed by atoms with van der Waals surface area (Å²) in [5.74, 6) is 0.189. The summed E-state index contributed by atoms with van der Waals surface area (Å²) in [6, 6.07) is 24.9. The van der Waals surface area contributed by atoms with Crippen LogP contribution in [0.3, 0.4) is 0 Å². The summed E-state index contributed by atoms with van der Waals surface area (Å²) in [6.07, 6.45) is 1.66. The first kappa shape index (κ1) is 23.2. The fourth-order valence-corrected chi connectivity index (χ4v) is 4.06. The molecule has 0 atom stereocenters. The first-order valence-corrected chi connectivity index (χ1v) is 11.4. The molecule has 4 aromatic rings. The van der Waals surface area contributed by atoms with E-state index in [0.717, 1.165) is 27.7 Å². The molecular weight excluding hydrogens is 446 g/mol. The molecule has 0 aliphatic rings. The van der Waals surface area contributed by atoms with Crippen molar-refractivity contribution in [1.82, 2.24) is 4.57 Å². The molecule has 0 bridgehead atoms. The van der Waals surface area contributed by atoms with E-state index in [9.17, 15) is 10.1 Å². The molecule has 0 fully saturated rings. The number of rotatable bonds is 7. The highest BCUT2D eigenvalue weighted by molar-refractivity contribution is 6.30. The van der Waals surface area contributed by atoms with Gasteiger partial charge < -0.3 is 14.6 Å². The lowest BCUT2D eigenvalue weighted by Crippen LogP contribution is -2.13. The van der Waals surface area contributed by atoms with Crippen LogP contribution >= 0.6 is 11.6 Å². The fourth-order valence-electron chi connectivity index (χ4n) is 3.94. The minimum atomic E-state index is -0.468. The smallest absolute Gasteiger partial charge is 0.266 e. The molecule has 1 N–H and O–H groups in total. The maximum Gasteiger partial charge on any atom is 0.266 e. The second-order valence-electron chi connectivity index (χ2n) is 7.81. The van der Waals surface area contributed by atoms with Gasteiger partial charge in [0.25, 0.3) is 5.91 Å². The molecule has 1 amide bonds. The van der Waals surface area contributed by atoms with Gasteiger partial charge in [-0.2, -0.15) is 5.26 Å². The summed E-state index contributed by atoms with van der Waals surface area (Å²) >= 11 is 6.04. The zero-order valence-electron chi connectivity index (χ0n) is 19.0. The zero-order valence-corrected chi connectivity index (χ0v) is 19.8. The Kier molecular flexibility index (Phi) is 7.01. The first-order valence-electron chi connectivity index (χ1n) is 11.0. The van der Waals surface area contributed by atoms with Crippen LogP contribution in [0, 0.1) is 18.3 Å². The van der Waals surface area contributed by atoms with E-state index in [1.165, 1.54) is 0 Å². The molecule has 0 aliphatic carbocycles. The Labute approximate surface area is 203 Å². The van der Waals surface area contributed by atoms with Gasteiger partial charge in [0.15, 0.2) is 0 Å². The van der Waals surface area contributed by atoms with Crippen molar-refractivity contribution in [3.05, 3.63) is 100 Å². The summed E-state index contributed by atoms with van der Waals surface area (Å²) in [5.41, 5.74) is 4.55. The van der Waals surface area contributed by atoms with Gasteiger partial charge in [-0.15, -0.1) is 0 Å². The maximum absolute atomic E-state index is 12.9. The number of nitrogens with one attached hydrogen (secondary N) is 1. The predicted octanol–water partition coefficient (Wildman–Crippen LogP) is 6.60. The topological polar surface area (TPSA) is 67.0 Å². The highest BCUT2D eigenvalue weighted by Gasteiger charge is 2.16. The van der Waals surface area contributed by atoms with Gasteiger partial charge in [-0.1, -0.05) is 48.0 Å². The third-order valence-electron chi connectivity index (χ3n) is 5.59. The summed E-state index contributed by atoms with van der Waals surface area (Å²) in [4.78, 5) is 12.9. The maximum atomic E-state index is 12.9. The number of nitrogens with zero attached hydrogens (tertiary/aromatic N) is 2. The molecule has 5 nitrogen and oxygen atoms in total. The highest BCUT2D eigenvalue weighted by Crippen LogP contribution is 2.29. The van der Waals surface area contributed by atoms with E-state index >= 15 is 0 Å². The Bertz CT molecular complexity index is 1410. The number of para-hydroxylation sites is 1. The summed E-state index contributed by atoms with van der Waals surface area (Å²) in [5, 5.41) is 14.3. The van der Waals surface area contributed by atoms with Gasteiger partial charge in [0.1, 0.15) is 17.4 Å². The number of anilines is 1. The van der Waals surface area contributed by atoms with Gasteiger partial charge in [-0.05, 0) is 55.8 Å². The number of ether oxygens (including phenoxy) is 1. The number of amides is 1. The van der Waals surface area contributed by atoms with Crippen LogP contribution in [0.4, 0.5) is 5.69 Å². The van der Waals surface area contributed by atoms with Crippen LogP contribution in [-0.4, -0.2) is 17.1 Å². The monoisotopic (exact) mass is 469 g/mol. The minimum absolute atomic E-state index is 0.0271. The van der Waals surface area contributed by atoms with Crippen molar-refractivity contribution in [3.63, 3.8) is 0 Å².